The van der Waals surface area contributed by atoms with Crippen molar-refractivity contribution >= 4 is 12.2 Å². The molecule has 0 saturated carbocycles. The van der Waals surface area contributed by atoms with Crippen LogP contribution in [0.3, 0.4) is 0 Å². The Bertz CT molecular complexity index is 376. The van der Waals surface area contributed by atoms with E-state index in [1.165, 1.54) is 0 Å². The number of hydrogen-bond acceptors (Lipinski definition) is 2. The van der Waals surface area contributed by atoms with Gasteiger partial charge in [-0.25, -0.2) is 0 Å². The maximum Gasteiger partial charge on any atom is 0.159 e. The van der Waals surface area contributed by atoms with Gasteiger partial charge < -0.3 is 4.52 Å². The van der Waals surface area contributed by atoms with Crippen molar-refractivity contribution in [2.45, 2.75) is 0 Å². The third-order valence-electron chi connectivity index (χ3n) is 1.70. The van der Waals surface area contributed by atoms with E-state index >= 15 is 0 Å². The SMILES string of the molecule is C(=Cc1ccno1)c1ccccc1. The topological polar surface area (TPSA) is 26.0 Å². The van der Waals surface area contributed by atoms with Crippen LogP contribution in [-0.4, -0.2) is 5.16 Å². The molecule has 0 fully saturated rings. The van der Waals surface area contributed by atoms with E-state index in [0.29, 0.717) is 0 Å². The van der Waals surface area contributed by atoms with Gasteiger partial charge in [-0.05, 0) is 11.6 Å². The number of hydrogen-bond donors (Lipinski definition) is 0. The molecule has 0 N–H and O–H groups in total. The molecule has 2 aromatic rings. The van der Waals surface area contributed by atoms with Gasteiger partial charge in [-0.3, -0.25) is 0 Å². The van der Waals surface area contributed by atoms with Crippen molar-refractivity contribution in [3.05, 3.63) is 53.9 Å². The summed E-state index contributed by atoms with van der Waals surface area (Å²) in [7, 11) is 0. The fourth-order valence-corrected chi connectivity index (χ4v) is 1.05. The number of nitrogens with zero attached hydrogens (tertiary/aromatic N) is 1. The quantitative estimate of drug-likeness (QED) is 0.694. The smallest absolute Gasteiger partial charge is 0.159 e. The molecular formula is C11H9NO. The van der Waals surface area contributed by atoms with Crippen LogP contribution in [0.4, 0.5) is 0 Å². The second kappa shape index (κ2) is 3.72. The second-order valence-electron chi connectivity index (χ2n) is 2.66. The lowest BCUT2D eigenvalue weighted by Crippen LogP contribution is -1.67. The van der Waals surface area contributed by atoms with Gasteiger partial charge >= 0.3 is 0 Å². The summed E-state index contributed by atoms with van der Waals surface area (Å²) >= 11 is 0. The normalized spacial score (nSPS) is 10.8. The van der Waals surface area contributed by atoms with Crippen LogP contribution >= 0.6 is 0 Å². The molecule has 2 nitrogen and oxygen atoms in total. The standard InChI is InChI=1S/C11H9NO/c1-2-4-10(5-3-1)6-7-11-8-9-12-13-11/h1-9H. The minimum Gasteiger partial charge on any atom is -0.357 e. The first-order valence-corrected chi connectivity index (χ1v) is 4.09. The van der Waals surface area contributed by atoms with Gasteiger partial charge in [0.15, 0.2) is 5.76 Å². The molecule has 1 aromatic carbocycles. The predicted molar refractivity (Wildman–Crippen MR) is 51.9 cm³/mol. The molecule has 1 heterocycles. The average molecular weight is 171 g/mol. The number of aromatic nitrogens is 1. The third kappa shape index (κ3) is 2.06. The Labute approximate surface area is 76.5 Å². The van der Waals surface area contributed by atoms with Crippen LogP contribution < -0.4 is 0 Å². The average Bonchev–Trinajstić information content (AvgIpc) is 2.69. The lowest BCUT2D eigenvalue weighted by atomic mass is 10.2. The Morgan fingerprint density at radius 2 is 1.85 bits per heavy atom. The van der Waals surface area contributed by atoms with E-state index in [2.05, 4.69) is 5.16 Å². The highest BCUT2D eigenvalue weighted by molar-refractivity contribution is 5.66. The number of rotatable bonds is 2. The Morgan fingerprint density at radius 1 is 1.00 bits per heavy atom. The van der Waals surface area contributed by atoms with Crippen LogP contribution in [0.1, 0.15) is 11.3 Å². The molecule has 2 rings (SSSR count). The summed E-state index contributed by atoms with van der Waals surface area (Å²) in [6.45, 7) is 0. The Morgan fingerprint density at radius 3 is 2.54 bits per heavy atom. The van der Waals surface area contributed by atoms with E-state index < -0.39 is 0 Å². The first kappa shape index (κ1) is 7.80. The molecule has 0 aliphatic carbocycles. The number of benzene rings is 1. The summed E-state index contributed by atoms with van der Waals surface area (Å²) in [4.78, 5) is 0. The second-order valence-corrected chi connectivity index (χ2v) is 2.66. The molecule has 0 radical (unpaired) electrons. The summed E-state index contributed by atoms with van der Waals surface area (Å²) < 4.78 is 4.92. The zero-order valence-electron chi connectivity index (χ0n) is 7.05. The van der Waals surface area contributed by atoms with E-state index in [4.69, 9.17) is 4.52 Å². The van der Waals surface area contributed by atoms with Crippen molar-refractivity contribution in [3.63, 3.8) is 0 Å². The minimum atomic E-state index is 0.767. The first-order chi connectivity index (χ1) is 6.45. The molecule has 2 heteroatoms. The highest BCUT2D eigenvalue weighted by atomic mass is 16.5. The van der Waals surface area contributed by atoms with Gasteiger partial charge in [0.25, 0.3) is 0 Å². The summed E-state index contributed by atoms with van der Waals surface area (Å²) in [5.74, 6) is 0.767. The molecule has 64 valence electrons. The molecular weight excluding hydrogens is 162 g/mol. The molecule has 13 heavy (non-hydrogen) atoms. The van der Waals surface area contributed by atoms with E-state index in [1.54, 1.807) is 6.20 Å². The molecule has 0 unspecified atom stereocenters. The van der Waals surface area contributed by atoms with Gasteiger partial charge in [0.1, 0.15) is 0 Å². The monoisotopic (exact) mass is 171 g/mol. The Hall–Kier alpha value is -1.83. The van der Waals surface area contributed by atoms with Gasteiger partial charge in [-0.15, -0.1) is 0 Å². The van der Waals surface area contributed by atoms with Crippen molar-refractivity contribution < 1.29 is 4.52 Å². The maximum absolute atomic E-state index is 4.92. The minimum absolute atomic E-state index is 0.767. The van der Waals surface area contributed by atoms with Gasteiger partial charge in [-0.2, -0.15) is 0 Å². The molecule has 0 amide bonds. The van der Waals surface area contributed by atoms with Crippen molar-refractivity contribution in [1.82, 2.24) is 5.16 Å². The fraction of sp³-hybridized carbons (Fsp3) is 0. The van der Waals surface area contributed by atoms with Crippen molar-refractivity contribution in [2.24, 2.45) is 0 Å². The summed E-state index contributed by atoms with van der Waals surface area (Å²) in [6.07, 6.45) is 5.51. The lowest BCUT2D eigenvalue weighted by Gasteiger charge is -1.88. The van der Waals surface area contributed by atoms with Gasteiger partial charge in [-0.1, -0.05) is 41.6 Å². The van der Waals surface area contributed by atoms with Gasteiger partial charge in [0.05, 0.1) is 6.20 Å². The molecule has 0 bridgehead atoms. The first-order valence-electron chi connectivity index (χ1n) is 4.09. The molecule has 0 spiro atoms. The predicted octanol–water partition coefficient (Wildman–Crippen LogP) is 2.85. The van der Waals surface area contributed by atoms with E-state index in [-0.39, 0.29) is 0 Å². The lowest BCUT2D eigenvalue weighted by molar-refractivity contribution is 0.413. The zero-order chi connectivity index (χ0) is 8.93. The largest absolute Gasteiger partial charge is 0.357 e. The maximum atomic E-state index is 4.92. The molecule has 0 atom stereocenters. The van der Waals surface area contributed by atoms with Crippen LogP contribution in [0.25, 0.3) is 12.2 Å². The van der Waals surface area contributed by atoms with Crippen LogP contribution in [0.5, 0.6) is 0 Å². The molecule has 1 aromatic heterocycles. The van der Waals surface area contributed by atoms with Crippen molar-refractivity contribution in [1.29, 1.82) is 0 Å². The Balaban J connectivity index is 2.15. The fourth-order valence-electron chi connectivity index (χ4n) is 1.05. The van der Waals surface area contributed by atoms with E-state index in [9.17, 15) is 0 Å². The Kier molecular flexibility index (Phi) is 2.23. The van der Waals surface area contributed by atoms with Gasteiger partial charge in [0, 0.05) is 6.07 Å². The van der Waals surface area contributed by atoms with Gasteiger partial charge in [0.2, 0.25) is 0 Å². The van der Waals surface area contributed by atoms with Crippen LogP contribution in [0.2, 0.25) is 0 Å². The summed E-state index contributed by atoms with van der Waals surface area (Å²) in [5.41, 5.74) is 1.15. The highest BCUT2D eigenvalue weighted by Crippen LogP contribution is 2.06. The third-order valence-corrected chi connectivity index (χ3v) is 1.70. The van der Waals surface area contributed by atoms with Crippen LogP contribution in [0, 0.1) is 0 Å². The van der Waals surface area contributed by atoms with Crippen LogP contribution in [-0.2, 0) is 0 Å². The zero-order valence-corrected chi connectivity index (χ0v) is 7.05. The summed E-state index contributed by atoms with van der Waals surface area (Å²) in [6, 6.07) is 11.9. The molecule has 0 saturated heterocycles. The van der Waals surface area contributed by atoms with Crippen LogP contribution in [0.15, 0.2) is 47.1 Å². The van der Waals surface area contributed by atoms with E-state index in [1.807, 2.05) is 48.6 Å². The highest BCUT2D eigenvalue weighted by Gasteiger charge is 1.88. The van der Waals surface area contributed by atoms with Crippen molar-refractivity contribution in [2.75, 3.05) is 0 Å². The summed E-state index contributed by atoms with van der Waals surface area (Å²) in [5, 5.41) is 3.61. The van der Waals surface area contributed by atoms with E-state index in [0.717, 1.165) is 11.3 Å². The molecule has 0 aliphatic rings. The van der Waals surface area contributed by atoms with Crippen molar-refractivity contribution in [3.8, 4) is 0 Å². The molecule has 0 aliphatic heterocycles.